The van der Waals surface area contributed by atoms with Crippen molar-refractivity contribution in [3.05, 3.63) is 23.3 Å². The number of hydrogen-bond donors (Lipinski definition) is 1. The number of carbonyl (C=O) groups excluding carboxylic acids is 2. The average molecular weight is 400 g/mol. The molecule has 4 aliphatic rings. The van der Waals surface area contributed by atoms with Crippen molar-refractivity contribution >= 4 is 11.9 Å². The number of rotatable bonds is 3. The molecule has 7 atom stereocenters. The lowest BCUT2D eigenvalue weighted by Gasteiger charge is -2.58. The Hall–Kier alpha value is -1.58. The van der Waals surface area contributed by atoms with E-state index in [2.05, 4.69) is 38.2 Å². The number of fused-ring (bicyclic) bond motifs is 5. The minimum Gasteiger partial charge on any atom is -0.462 e. The summed E-state index contributed by atoms with van der Waals surface area (Å²) in [7, 11) is 0. The maximum absolute atomic E-state index is 11.6. The molecular formula is C25H37NO3. The molecule has 29 heavy (non-hydrogen) atoms. The molecule has 4 aliphatic carbocycles. The van der Waals surface area contributed by atoms with Crippen molar-refractivity contribution in [3.8, 4) is 0 Å². The fourth-order valence-corrected chi connectivity index (χ4v) is 7.62. The molecule has 2 unspecified atom stereocenters. The van der Waals surface area contributed by atoms with Crippen molar-refractivity contribution < 1.29 is 14.3 Å². The van der Waals surface area contributed by atoms with Gasteiger partial charge in [0.2, 0.25) is 5.91 Å². The molecule has 2 saturated carbocycles. The zero-order valence-corrected chi connectivity index (χ0v) is 18.7. The highest BCUT2D eigenvalue weighted by Gasteiger charge is 2.57. The van der Waals surface area contributed by atoms with Crippen molar-refractivity contribution in [1.82, 2.24) is 5.32 Å². The molecule has 0 spiro atoms. The van der Waals surface area contributed by atoms with Crippen molar-refractivity contribution in [2.45, 2.75) is 91.7 Å². The van der Waals surface area contributed by atoms with E-state index in [1.165, 1.54) is 30.9 Å². The monoisotopic (exact) mass is 399 g/mol. The van der Waals surface area contributed by atoms with Gasteiger partial charge in [0.1, 0.15) is 6.10 Å². The third-order valence-corrected chi connectivity index (χ3v) is 8.92. The lowest BCUT2D eigenvalue weighted by atomic mass is 9.47. The molecule has 160 valence electrons. The Balaban J connectivity index is 1.55. The lowest BCUT2D eigenvalue weighted by Crippen LogP contribution is -2.51. The summed E-state index contributed by atoms with van der Waals surface area (Å²) in [5, 5.41) is 3.13. The Bertz CT molecular complexity index is 768. The fraction of sp³-hybridized carbons (Fsp3) is 0.760. The van der Waals surface area contributed by atoms with E-state index >= 15 is 0 Å². The number of nitrogens with one attached hydrogen (secondary N) is 1. The Morgan fingerprint density at radius 3 is 2.48 bits per heavy atom. The van der Waals surface area contributed by atoms with Crippen LogP contribution in [0.25, 0.3) is 0 Å². The lowest BCUT2D eigenvalue weighted by molar-refractivity contribution is -0.148. The number of hydrogen-bond acceptors (Lipinski definition) is 3. The first-order valence-electron chi connectivity index (χ1n) is 11.5. The van der Waals surface area contributed by atoms with Crippen LogP contribution in [0.4, 0.5) is 0 Å². The van der Waals surface area contributed by atoms with E-state index in [0.717, 1.165) is 38.0 Å². The van der Waals surface area contributed by atoms with Gasteiger partial charge in [-0.3, -0.25) is 9.59 Å². The zero-order valence-electron chi connectivity index (χ0n) is 18.7. The molecule has 0 aliphatic heterocycles. The van der Waals surface area contributed by atoms with E-state index in [0.29, 0.717) is 11.8 Å². The van der Waals surface area contributed by atoms with Crippen LogP contribution in [-0.2, 0) is 14.3 Å². The molecule has 1 N–H and O–H groups in total. The molecular weight excluding hydrogens is 362 g/mol. The van der Waals surface area contributed by atoms with Gasteiger partial charge in [-0.2, -0.15) is 0 Å². The van der Waals surface area contributed by atoms with E-state index in [-0.39, 0.29) is 34.9 Å². The molecule has 4 heteroatoms. The summed E-state index contributed by atoms with van der Waals surface area (Å²) in [4.78, 5) is 23.0. The van der Waals surface area contributed by atoms with Crippen LogP contribution in [-0.4, -0.2) is 24.0 Å². The van der Waals surface area contributed by atoms with Gasteiger partial charge in [0.15, 0.2) is 0 Å². The van der Waals surface area contributed by atoms with Crippen molar-refractivity contribution in [1.29, 1.82) is 0 Å². The van der Waals surface area contributed by atoms with Crippen molar-refractivity contribution in [2.24, 2.45) is 28.6 Å². The number of ether oxygens (including phenoxy) is 1. The van der Waals surface area contributed by atoms with Gasteiger partial charge in [0.25, 0.3) is 0 Å². The van der Waals surface area contributed by atoms with Crippen LogP contribution < -0.4 is 5.32 Å². The average Bonchev–Trinajstić information content (AvgIpc) is 2.98. The zero-order chi connectivity index (χ0) is 21.0. The topological polar surface area (TPSA) is 55.4 Å². The van der Waals surface area contributed by atoms with E-state index < -0.39 is 0 Å². The highest BCUT2D eigenvalue weighted by atomic mass is 16.5. The first-order chi connectivity index (χ1) is 13.6. The van der Waals surface area contributed by atoms with Crippen molar-refractivity contribution in [2.75, 3.05) is 0 Å². The summed E-state index contributed by atoms with van der Waals surface area (Å²) < 4.78 is 5.56. The molecule has 4 nitrogen and oxygen atoms in total. The maximum atomic E-state index is 11.6. The largest absolute Gasteiger partial charge is 0.462 e. The van der Waals surface area contributed by atoms with Gasteiger partial charge in [-0.1, -0.05) is 31.6 Å². The summed E-state index contributed by atoms with van der Waals surface area (Å²) in [6.45, 7) is 10.2. The van der Waals surface area contributed by atoms with Crippen LogP contribution in [0.3, 0.4) is 0 Å². The molecule has 0 heterocycles. The second-order valence-corrected chi connectivity index (χ2v) is 10.5. The predicted octanol–water partition coefficient (Wildman–Crippen LogP) is 4.94. The quantitative estimate of drug-likeness (QED) is 0.540. The van der Waals surface area contributed by atoms with Crippen LogP contribution in [0, 0.1) is 28.6 Å². The number of esters is 1. The van der Waals surface area contributed by atoms with Crippen LogP contribution in [0.15, 0.2) is 23.3 Å². The van der Waals surface area contributed by atoms with E-state index in [1.807, 2.05) is 0 Å². The molecule has 0 bridgehead atoms. The Morgan fingerprint density at radius 1 is 1.07 bits per heavy atom. The highest BCUT2D eigenvalue weighted by Crippen LogP contribution is 2.65. The smallest absolute Gasteiger partial charge is 0.302 e. The second-order valence-electron chi connectivity index (χ2n) is 10.5. The number of amides is 1. The molecule has 4 rings (SSSR count). The number of allylic oxidation sites excluding steroid dienone is 2. The van der Waals surface area contributed by atoms with Crippen LogP contribution in [0.5, 0.6) is 0 Å². The third kappa shape index (κ3) is 3.37. The molecule has 0 aromatic heterocycles. The molecule has 0 aromatic rings. The van der Waals surface area contributed by atoms with Gasteiger partial charge < -0.3 is 10.1 Å². The molecule has 0 aromatic carbocycles. The van der Waals surface area contributed by atoms with Crippen LogP contribution >= 0.6 is 0 Å². The van der Waals surface area contributed by atoms with Gasteiger partial charge in [-0.05, 0) is 79.6 Å². The SMILES string of the molecule is CC(=O)NC(C)C1=CC[C@H]2[C@@H]3CC=C4CC(OC(C)=O)CC[C@]4(C)[C@H]3CC[C@]12C. The molecule has 0 radical (unpaired) electrons. The molecule has 0 saturated heterocycles. The summed E-state index contributed by atoms with van der Waals surface area (Å²) in [6.07, 6.45) is 12.8. The van der Waals surface area contributed by atoms with Crippen LogP contribution in [0.1, 0.15) is 79.6 Å². The van der Waals surface area contributed by atoms with E-state index in [4.69, 9.17) is 4.74 Å². The van der Waals surface area contributed by atoms with Crippen LogP contribution in [0.2, 0.25) is 0 Å². The van der Waals surface area contributed by atoms with E-state index in [9.17, 15) is 9.59 Å². The number of carbonyl (C=O) groups is 2. The third-order valence-electron chi connectivity index (χ3n) is 8.92. The fourth-order valence-electron chi connectivity index (χ4n) is 7.62. The standard InChI is InChI=1S/C25H37NO3/c1-15(26-16(2)27)21-8-9-22-20-7-6-18-14-19(29-17(3)28)10-12-24(18,4)23(20)11-13-25(21,22)5/h6,8,15,19-20,22-23H,7,9-14H2,1-5H3,(H,26,27)/t15?,19?,20-,22-,23-,24-,25+/m0/s1. The summed E-state index contributed by atoms with van der Waals surface area (Å²) >= 11 is 0. The normalized spacial score (nSPS) is 41.8. The predicted molar refractivity (Wildman–Crippen MR) is 114 cm³/mol. The summed E-state index contributed by atoms with van der Waals surface area (Å²) in [6, 6.07) is 0.128. The van der Waals surface area contributed by atoms with Gasteiger partial charge in [-0.25, -0.2) is 0 Å². The second kappa shape index (κ2) is 7.28. The Labute approximate surface area is 175 Å². The maximum Gasteiger partial charge on any atom is 0.302 e. The molecule has 2 fully saturated rings. The van der Waals surface area contributed by atoms with Gasteiger partial charge in [-0.15, -0.1) is 0 Å². The van der Waals surface area contributed by atoms with Crippen molar-refractivity contribution in [3.63, 3.8) is 0 Å². The first-order valence-corrected chi connectivity index (χ1v) is 11.5. The van der Waals surface area contributed by atoms with Gasteiger partial charge in [0.05, 0.1) is 0 Å². The first kappa shape index (κ1) is 20.7. The van der Waals surface area contributed by atoms with Gasteiger partial charge >= 0.3 is 5.97 Å². The highest BCUT2D eigenvalue weighted by molar-refractivity contribution is 5.73. The minimum absolute atomic E-state index is 0.0569. The Kier molecular flexibility index (Phi) is 5.19. The molecule has 1 amide bonds. The minimum atomic E-state index is -0.154. The van der Waals surface area contributed by atoms with Gasteiger partial charge in [0, 0.05) is 26.3 Å². The summed E-state index contributed by atoms with van der Waals surface area (Å²) in [5.41, 5.74) is 3.46. The Morgan fingerprint density at radius 2 is 1.79 bits per heavy atom. The summed E-state index contributed by atoms with van der Waals surface area (Å²) in [5.74, 6) is 2.02. The van der Waals surface area contributed by atoms with E-state index in [1.54, 1.807) is 6.92 Å².